The molecule has 90 valence electrons. The molecule has 0 saturated carbocycles. The van der Waals surface area contributed by atoms with Gasteiger partial charge in [-0.1, -0.05) is 0 Å². The van der Waals surface area contributed by atoms with Gasteiger partial charge < -0.3 is 5.32 Å². The summed E-state index contributed by atoms with van der Waals surface area (Å²) >= 11 is 5.27. The minimum atomic E-state index is 0.328. The van der Waals surface area contributed by atoms with Crippen molar-refractivity contribution in [2.75, 3.05) is 0 Å². The molecule has 0 aromatic carbocycles. The van der Waals surface area contributed by atoms with Crippen LogP contribution < -0.4 is 5.32 Å². The van der Waals surface area contributed by atoms with Crippen molar-refractivity contribution in [1.82, 2.24) is 10.3 Å². The number of nitrogens with one attached hydrogen (secondary N) is 1. The lowest BCUT2D eigenvalue weighted by atomic mass is 10.1. The molecule has 0 saturated heterocycles. The third-order valence-corrected chi connectivity index (χ3v) is 4.53. The normalized spacial score (nSPS) is 14.5. The summed E-state index contributed by atoms with van der Waals surface area (Å²) in [6.07, 6.45) is 3.67. The van der Waals surface area contributed by atoms with Crippen molar-refractivity contribution in [3.63, 3.8) is 0 Å². The van der Waals surface area contributed by atoms with Gasteiger partial charge in [0.15, 0.2) is 0 Å². The quantitative estimate of drug-likeness (QED) is 0.909. The van der Waals surface area contributed by atoms with Gasteiger partial charge in [-0.3, -0.25) is 4.98 Å². The van der Waals surface area contributed by atoms with Crippen molar-refractivity contribution in [2.45, 2.75) is 25.9 Å². The van der Waals surface area contributed by atoms with E-state index in [2.05, 4.69) is 64.3 Å². The third kappa shape index (κ3) is 3.37. The van der Waals surface area contributed by atoms with Crippen LogP contribution in [0.5, 0.6) is 0 Å². The number of halogens is 1. The molecule has 2 rings (SSSR count). The molecule has 0 amide bonds. The zero-order valence-electron chi connectivity index (χ0n) is 9.85. The van der Waals surface area contributed by atoms with Crippen LogP contribution in [0.15, 0.2) is 40.4 Å². The number of aromatic nitrogens is 1. The average Bonchev–Trinajstić information content (AvgIpc) is 2.77. The topological polar surface area (TPSA) is 24.9 Å². The van der Waals surface area contributed by atoms with Crippen molar-refractivity contribution in [1.29, 1.82) is 0 Å². The highest BCUT2D eigenvalue weighted by molar-refractivity contribution is 9.11. The maximum absolute atomic E-state index is 4.04. The van der Waals surface area contributed by atoms with Crippen molar-refractivity contribution < 1.29 is 0 Å². The SMILES string of the molecule is CC(N[C@@H](C)c1ccncc1)c1ccc(Br)s1. The van der Waals surface area contributed by atoms with Crippen LogP contribution in [-0.4, -0.2) is 4.98 Å². The molecule has 2 atom stereocenters. The van der Waals surface area contributed by atoms with Crippen molar-refractivity contribution in [3.8, 4) is 0 Å². The highest BCUT2D eigenvalue weighted by Crippen LogP contribution is 2.28. The molecule has 0 radical (unpaired) electrons. The fourth-order valence-electron chi connectivity index (χ4n) is 1.77. The van der Waals surface area contributed by atoms with Crippen LogP contribution in [0, 0.1) is 0 Å². The largest absolute Gasteiger partial charge is 0.303 e. The number of hydrogen-bond donors (Lipinski definition) is 1. The molecule has 0 aliphatic rings. The second-order valence-electron chi connectivity index (χ2n) is 4.03. The predicted octanol–water partition coefficient (Wildman–Crippen LogP) is 4.32. The smallest absolute Gasteiger partial charge is 0.0701 e. The van der Waals surface area contributed by atoms with Gasteiger partial charge in [0.25, 0.3) is 0 Å². The molecule has 2 aromatic heterocycles. The Morgan fingerprint density at radius 2 is 1.82 bits per heavy atom. The summed E-state index contributed by atoms with van der Waals surface area (Å²) in [7, 11) is 0. The molecule has 0 aliphatic carbocycles. The van der Waals surface area contributed by atoms with E-state index >= 15 is 0 Å². The first-order valence-electron chi connectivity index (χ1n) is 5.58. The summed E-state index contributed by atoms with van der Waals surface area (Å²) in [6.45, 7) is 4.37. The Labute approximate surface area is 114 Å². The van der Waals surface area contributed by atoms with Crippen LogP contribution in [-0.2, 0) is 0 Å². The second-order valence-corrected chi connectivity index (χ2v) is 6.53. The Morgan fingerprint density at radius 1 is 1.12 bits per heavy atom. The summed E-state index contributed by atoms with van der Waals surface area (Å²) < 4.78 is 1.18. The van der Waals surface area contributed by atoms with Crippen molar-refractivity contribution in [2.24, 2.45) is 0 Å². The van der Waals surface area contributed by atoms with Crippen LogP contribution >= 0.6 is 27.3 Å². The van der Waals surface area contributed by atoms with Gasteiger partial charge in [-0.05, 0) is 59.6 Å². The summed E-state index contributed by atoms with van der Waals surface area (Å²) in [4.78, 5) is 5.38. The second kappa shape index (κ2) is 5.76. The molecule has 2 nitrogen and oxygen atoms in total. The van der Waals surface area contributed by atoms with Crippen LogP contribution in [0.3, 0.4) is 0 Å². The van der Waals surface area contributed by atoms with Crippen LogP contribution in [0.2, 0.25) is 0 Å². The minimum Gasteiger partial charge on any atom is -0.303 e. The number of rotatable bonds is 4. The monoisotopic (exact) mass is 310 g/mol. The summed E-state index contributed by atoms with van der Waals surface area (Å²) in [5, 5.41) is 3.59. The van der Waals surface area contributed by atoms with E-state index in [0.717, 1.165) is 0 Å². The van der Waals surface area contributed by atoms with E-state index in [9.17, 15) is 0 Å². The summed E-state index contributed by atoms with van der Waals surface area (Å²) in [5.74, 6) is 0. The van der Waals surface area contributed by atoms with E-state index in [1.54, 1.807) is 11.3 Å². The first kappa shape index (κ1) is 12.7. The van der Waals surface area contributed by atoms with Gasteiger partial charge in [0, 0.05) is 29.4 Å². The Morgan fingerprint density at radius 3 is 2.41 bits per heavy atom. The van der Waals surface area contributed by atoms with Gasteiger partial charge in [0.05, 0.1) is 3.79 Å². The predicted molar refractivity (Wildman–Crippen MR) is 76.2 cm³/mol. The van der Waals surface area contributed by atoms with Gasteiger partial charge in [-0.2, -0.15) is 0 Å². The first-order chi connectivity index (χ1) is 8.16. The summed E-state index contributed by atoms with van der Waals surface area (Å²) in [5.41, 5.74) is 1.27. The van der Waals surface area contributed by atoms with Crippen molar-refractivity contribution in [3.05, 3.63) is 50.9 Å². The molecular formula is C13H15BrN2S. The fourth-order valence-corrected chi connectivity index (χ4v) is 3.20. The lowest BCUT2D eigenvalue weighted by molar-refractivity contribution is 0.500. The Hall–Kier alpha value is -0.710. The van der Waals surface area contributed by atoms with E-state index < -0.39 is 0 Å². The minimum absolute atomic E-state index is 0.328. The Bertz CT molecular complexity index is 469. The van der Waals surface area contributed by atoms with Gasteiger partial charge in [-0.15, -0.1) is 11.3 Å². The number of hydrogen-bond acceptors (Lipinski definition) is 3. The van der Waals surface area contributed by atoms with E-state index in [-0.39, 0.29) is 0 Å². The molecule has 1 unspecified atom stereocenters. The van der Waals surface area contributed by atoms with Gasteiger partial charge in [0.2, 0.25) is 0 Å². The number of thiophene rings is 1. The lowest BCUT2D eigenvalue weighted by Gasteiger charge is -2.19. The number of nitrogens with zero attached hydrogens (tertiary/aromatic N) is 1. The lowest BCUT2D eigenvalue weighted by Crippen LogP contribution is -2.21. The van der Waals surface area contributed by atoms with E-state index in [1.165, 1.54) is 14.2 Å². The van der Waals surface area contributed by atoms with Crippen LogP contribution in [0.4, 0.5) is 0 Å². The van der Waals surface area contributed by atoms with Gasteiger partial charge in [-0.25, -0.2) is 0 Å². The highest BCUT2D eigenvalue weighted by atomic mass is 79.9. The van der Waals surface area contributed by atoms with E-state index in [4.69, 9.17) is 0 Å². The molecule has 0 bridgehead atoms. The van der Waals surface area contributed by atoms with Crippen LogP contribution in [0.1, 0.15) is 36.4 Å². The Balaban J connectivity index is 2.02. The maximum atomic E-state index is 4.04. The van der Waals surface area contributed by atoms with Gasteiger partial charge >= 0.3 is 0 Å². The first-order valence-corrected chi connectivity index (χ1v) is 7.19. The highest BCUT2D eigenvalue weighted by Gasteiger charge is 2.12. The average molecular weight is 311 g/mol. The molecule has 0 aliphatic heterocycles. The van der Waals surface area contributed by atoms with Crippen molar-refractivity contribution >= 4 is 27.3 Å². The fraction of sp³-hybridized carbons (Fsp3) is 0.308. The molecule has 0 spiro atoms. The maximum Gasteiger partial charge on any atom is 0.0701 e. The van der Waals surface area contributed by atoms with Crippen LogP contribution in [0.25, 0.3) is 0 Å². The molecule has 0 fully saturated rings. The summed E-state index contributed by atoms with van der Waals surface area (Å²) in [6, 6.07) is 9.04. The molecule has 2 aromatic rings. The molecule has 1 N–H and O–H groups in total. The van der Waals surface area contributed by atoms with E-state index in [0.29, 0.717) is 12.1 Å². The standard InChI is InChI=1S/C13H15BrN2S/c1-9(11-5-7-15-8-6-11)16-10(2)12-3-4-13(14)17-12/h3-10,16H,1-2H3/t9-,10?/m0/s1. The molecular weight excluding hydrogens is 296 g/mol. The zero-order valence-corrected chi connectivity index (χ0v) is 12.3. The zero-order chi connectivity index (χ0) is 12.3. The molecule has 4 heteroatoms. The third-order valence-electron chi connectivity index (χ3n) is 2.73. The molecule has 17 heavy (non-hydrogen) atoms. The Kier molecular flexibility index (Phi) is 4.31. The molecule has 2 heterocycles. The number of pyridine rings is 1. The van der Waals surface area contributed by atoms with Gasteiger partial charge in [0.1, 0.15) is 0 Å². The van der Waals surface area contributed by atoms with E-state index in [1.807, 2.05) is 12.4 Å².